The van der Waals surface area contributed by atoms with Crippen LogP contribution in [0.4, 0.5) is 0 Å². The van der Waals surface area contributed by atoms with Crippen LogP contribution in [-0.4, -0.2) is 22.5 Å². The lowest BCUT2D eigenvalue weighted by atomic mass is 10.4. The first kappa shape index (κ1) is 7.02. The van der Waals surface area contributed by atoms with Gasteiger partial charge in [0.1, 0.15) is 0 Å². The van der Waals surface area contributed by atoms with Crippen molar-refractivity contribution in [3.05, 3.63) is 24.0 Å². The van der Waals surface area contributed by atoms with E-state index >= 15 is 0 Å². The quantitative estimate of drug-likeness (QED) is 0.586. The van der Waals surface area contributed by atoms with Crippen LogP contribution in [0.2, 0.25) is 0 Å². The smallest absolute Gasteiger partial charge is 0.0610 e. The average molecular weight is 138 g/mol. The lowest BCUT2D eigenvalue weighted by Crippen LogP contribution is -2.03. The maximum absolute atomic E-state index is 8.56. The molecule has 0 bridgehead atoms. The van der Waals surface area contributed by atoms with E-state index in [1.165, 1.54) is 6.21 Å². The zero-order valence-electron chi connectivity index (χ0n) is 5.62. The van der Waals surface area contributed by atoms with Crippen molar-refractivity contribution in [1.29, 1.82) is 5.41 Å². The standard InChI is InChI=1S/C7H10N2O/c8-6-7-2-1-3-9(7)4-5-10/h1-3,6,8,10H,4-5H2. The fourth-order valence-electron chi connectivity index (χ4n) is 0.870. The summed E-state index contributed by atoms with van der Waals surface area (Å²) in [7, 11) is 0. The molecule has 0 amide bonds. The number of nitrogens with zero attached hydrogens (tertiary/aromatic N) is 1. The molecule has 0 fully saturated rings. The molecule has 0 aromatic carbocycles. The molecule has 0 aliphatic heterocycles. The predicted octanol–water partition coefficient (Wildman–Crippen LogP) is 0.478. The largest absolute Gasteiger partial charge is 0.395 e. The second-order valence-electron chi connectivity index (χ2n) is 1.99. The third kappa shape index (κ3) is 1.25. The van der Waals surface area contributed by atoms with Crippen molar-refractivity contribution < 1.29 is 5.11 Å². The predicted molar refractivity (Wildman–Crippen MR) is 39.4 cm³/mol. The molecular weight excluding hydrogens is 128 g/mol. The van der Waals surface area contributed by atoms with Gasteiger partial charge in [-0.2, -0.15) is 0 Å². The van der Waals surface area contributed by atoms with E-state index in [1.807, 2.05) is 22.9 Å². The first-order valence-corrected chi connectivity index (χ1v) is 3.15. The molecule has 10 heavy (non-hydrogen) atoms. The van der Waals surface area contributed by atoms with Gasteiger partial charge in [0.2, 0.25) is 0 Å². The SMILES string of the molecule is N=Cc1cccn1CCO. The zero-order chi connectivity index (χ0) is 7.40. The lowest BCUT2D eigenvalue weighted by Gasteiger charge is -2.00. The highest BCUT2D eigenvalue weighted by Crippen LogP contribution is 1.97. The minimum absolute atomic E-state index is 0.121. The Kier molecular flexibility index (Phi) is 2.23. The van der Waals surface area contributed by atoms with Crippen LogP contribution in [0.15, 0.2) is 18.3 Å². The van der Waals surface area contributed by atoms with E-state index in [4.69, 9.17) is 10.5 Å². The highest BCUT2D eigenvalue weighted by atomic mass is 16.3. The van der Waals surface area contributed by atoms with Crippen LogP contribution < -0.4 is 0 Å². The van der Waals surface area contributed by atoms with Gasteiger partial charge in [0.15, 0.2) is 0 Å². The van der Waals surface area contributed by atoms with Gasteiger partial charge >= 0.3 is 0 Å². The second-order valence-corrected chi connectivity index (χ2v) is 1.99. The number of aliphatic hydroxyl groups excluding tert-OH is 1. The summed E-state index contributed by atoms with van der Waals surface area (Å²) in [6.07, 6.45) is 3.12. The van der Waals surface area contributed by atoms with E-state index in [0.29, 0.717) is 6.54 Å². The topological polar surface area (TPSA) is 49.0 Å². The minimum atomic E-state index is 0.121. The third-order valence-electron chi connectivity index (χ3n) is 1.35. The molecule has 1 aromatic heterocycles. The Morgan fingerprint density at radius 1 is 1.70 bits per heavy atom. The van der Waals surface area contributed by atoms with Crippen molar-refractivity contribution in [2.75, 3.05) is 6.61 Å². The van der Waals surface area contributed by atoms with Crippen LogP contribution in [0, 0.1) is 5.41 Å². The number of nitrogens with one attached hydrogen (secondary N) is 1. The molecule has 0 saturated carbocycles. The van der Waals surface area contributed by atoms with Gasteiger partial charge in [-0.25, -0.2) is 0 Å². The third-order valence-corrected chi connectivity index (χ3v) is 1.35. The molecule has 1 aromatic rings. The van der Waals surface area contributed by atoms with Crippen LogP contribution in [0.1, 0.15) is 5.69 Å². The number of hydrogen-bond acceptors (Lipinski definition) is 2. The van der Waals surface area contributed by atoms with Gasteiger partial charge in [0.25, 0.3) is 0 Å². The molecule has 1 heterocycles. The van der Waals surface area contributed by atoms with Crippen molar-refractivity contribution in [3.63, 3.8) is 0 Å². The van der Waals surface area contributed by atoms with E-state index in [1.54, 1.807) is 0 Å². The van der Waals surface area contributed by atoms with Crippen LogP contribution in [0.5, 0.6) is 0 Å². The van der Waals surface area contributed by atoms with E-state index in [-0.39, 0.29) is 6.61 Å². The number of aromatic nitrogens is 1. The van der Waals surface area contributed by atoms with E-state index in [2.05, 4.69) is 0 Å². The Morgan fingerprint density at radius 2 is 2.50 bits per heavy atom. The van der Waals surface area contributed by atoms with E-state index in [9.17, 15) is 0 Å². The van der Waals surface area contributed by atoms with Crippen molar-refractivity contribution in [2.45, 2.75) is 6.54 Å². The molecule has 0 unspecified atom stereocenters. The fourth-order valence-corrected chi connectivity index (χ4v) is 0.870. The van der Waals surface area contributed by atoms with Gasteiger partial charge in [0.05, 0.1) is 12.3 Å². The normalized spacial score (nSPS) is 9.70. The van der Waals surface area contributed by atoms with Gasteiger partial charge in [0, 0.05) is 19.0 Å². The van der Waals surface area contributed by atoms with Gasteiger partial charge < -0.3 is 15.1 Å². The molecule has 54 valence electrons. The maximum Gasteiger partial charge on any atom is 0.0610 e. The fraction of sp³-hybridized carbons (Fsp3) is 0.286. The van der Waals surface area contributed by atoms with Gasteiger partial charge in [-0.15, -0.1) is 0 Å². The molecule has 2 N–H and O–H groups in total. The Hall–Kier alpha value is -1.09. The summed E-state index contributed by atoms with van der Waals surface area (Å²) in [5, 5.41) is 15.5. The number of aliphatic hydroxyl groups is 1. The average Bonchev–Trinajstić information content (AvgIpc) is 2.36. The van der Waals surface area contributed by atoms with Gasteiger partial charge in [-0.1, -0.05) is 0 Å². The van der Waals surface area contributed by atoms with Crippen molar-refractivity contribution in [1.82, 2.24) is 4.57 Å². The number of hydrogen-bond donors (Lipinski definition) is 2. The highest BCUT2D eigenvalue weighted by molar-refractivity contribution is 5.74. The van der Waals surface area contributed by atoms with E-state index in [0.717, 1.165) is 5.69 Å². The molecular formula is C7H10N2O. The summed E-state index contributed by atoms with van der Waals surface area (Å²) < 4.78 is 1.83. The second kappa shape index (κ2) is 3.17. The summed E-state index contributed by atoms with van der Waals surface area (Å²) in [5.41, 5.74) is 0.828. The molecule has 0 saturated heterocycles. The van der Waals surface area contributed by atoms with Crippen molar-refractivity contribution in [2.24, 2.45) is 0 Å². The molecule has 3 nitrogen and oxygen atoms in total. The van der Waals surface area contributed by atoms with Crippen molar-refractivity contribution >= 4 is 6.21 Å². The van der Waals surface area contributed by atoms with Crippen LogP contribution in [0.3, 0.4) is 0 Å². The summed E-state index contributed by atoms with van der Waals surface area (Å²) in [4.78, 5) is 0. The molecule has 0 radical (unpaired) electrons. The lowest BCUT2D eigenvalue weighted by molar-refractivity contribution is 0.276. The molecule has 1 rings (SSSR count). The molecule has 0 atom stereocenters. The molecule has 3 heteroatoms. The summed E-state index contributed by atoms with van der Waals surface area (Å²) in [5.74, 6) is 0. The van der Waals surface area contributed by atoms with Gasteiger partial charge in [-0.3, -0.25) is 0 Å². The maximum atomic E-state index is 8.56. The Balaban J connectivity index is 2.79. The van der Waals surface area contributed by atoms with Gasteiger partial charge in [-0.05, 0) is 12.1 Å². The van der Waals surface area contributed by atoms with Crippen LogP contribution in [-0.2, 0) is 6.54 Å². The molecule has 0 aliphatic rings. The summed E-state index contributed by atoms with van der Waals surface area (Å²) in [6, 6.07) is 3.69. The first-order chi connectivity index (χ1) is 4.88. The first-order valence-electron chi connectivity index (χ1n) is 3.15. The van der Waals surface area contributed by atoms with Crippen molar-refractivity contribution in [3.8, 4) is 0 Å². The summed E-state index contributed by atoms with van der Waals surface area (Å²) >= 11 is 0. The Morgan fingerprint density at radius 3 is 3.10 bits per heavy atom. The molecule has 0 spiro atoms. The zero-order valence-corrected chi connectivity index (χ0v) is 5.62. The van der Waals surface area contributed by atoms with Crippen LogP contribution >= 0.6 is 0 Å². The van der Waals surface area contributed by atoms with E-state index < -0.39 is 0 Å². The number of rotatable bonds is 3. The molecule has 0 aliphatic carbocycles. The van der Waals surface area contributed by atoms with Crippen LogP contribution in [0.25, 0.3) is 0 Å². The summed E-state index contributed by atoms with van der Waals surface area (Å²) in [6.45, 7) is 0.688. The Bertz CT molecular complexity index is 217. The Labute approximate surface area is 59.4 Å². The highest BCUT2D eigenvalue weighted by Gasteiger charge is 1.93. The minimum Gasteiger partial charge on any atom is -0.395 e. The monoisotopic (exact) mass is 138 g/mol.